The monoisotopic (exact) mass is 135 g/mol. The van der Waals surface area contributed by atoms with Crippen molar-refractivity contribution < 1.29 is 4.79 Å². The van der Waals surface area contributed by atoms with Gasteiger partial charge in [-0.25, -0.2) is 0 Å². The Bertz CT molecular complexity index is 233. The lowest BCUT2D eigenvalue weighted by molar-refractivity contribution is -0.135. The van der Waals surface area contributed by atoms with E-state index in [4.69, 9.17) is 0 Å². The van der Waals surface area contributed by atoms with E-state index in [1.807, 2.05) is 0 Å². The zero-order valence-electron chi connectivity index (χ0n) is 5.58. The molecule has 0 aromatic carbocycles. The van der Waals surface area contributed by atoms with Crippen LogP contribution in [0.4, 0.5) is 0 Å². The largest absolute Gasteiger partial charge is 0.352 e. The molecule has 3 rings (SSSR count). The Morgan fingerprint density at radius 2 is 2.20 bits per heavy atom. The summed E-state index contributed by atoms with van der Waals surface area (Å²) in [5, 5.41) is 2.95. The summed E-state index contributed by atoms with van der Waals surface area (Å²) in [7, 11) is 0. The predicted molar refractivity (Wildman–Crippen MR) is 36.2 cm³/mol. The van der Waals surface area contributed by atoms with Gasteiger partial charge < -0.3 is 5.32 Å². The van der Waals surface area contributed by atoms with Crippen LogP contribution in [0.25, 0.3) is 0 Å². The molecule has 0 aromatic rings. The third-order valence-corrected chi connectivity index (χ3v) is 3.07. The van der Waals surface area contributed by atoms with E-state index in [9.17, 15) is 4.79 Å². The maximum Gasteiger partial charge on any atom is 0.226 e. The second-order valence-corrected chi connectivity index (χ2v) is 3.51. The molecule has 2 unspecified atom stereocenters. The van der Waals surface area contributed by atoms with E-state index in [1.165, 1.54) is 6.42 Å². The van der Waals surface area contributed by atoms with Crippen LogP contribution >= 0.6 is 0 Å². The summed E-state index contributed by atoms with van der Waals surface area (Å²) in [6.45, 7) is 0. The van der Waals surface area contributed by atoms with Crippen LogP contribution < -0.4 is 5.32 Å². The van der Waals surface area contributed by atoms with Crippen LogP contribution in [0.2, 0.25) is 0 Å². The number of hydrogen-bond donors (Lipinski definition) is 1. The molecule has 1 heterocycles. The first-order valence-electron chi connectivity index (χ1n) is 3.85. The Kier molecular flexibility index (Phi) is 0.636. The van der Waals surface area contributed by atoms with Crippen LogP contribution in [0.15, 0.2) is 12.2 Å². The molecule has 1 saturated carbocycles. The van der Waals surface area contributed by atoms with Crippen molar-refractivity contribution in [1.82, 2.24) is 5.32 Å². The first-order chi connectivity index (χ1) is 4.86. The number of allylic oxidation sites excluding steroid dienone is 1. The summed E-state index contributed by atoms with van der Waals surface area (Å²) in [4.78, 5) is 11.0. The van der Waals surface area contributed by atoms with Gasteiger partial charge in [0.1, 0.15) is 0 Å². The lowest BCUT2D eigenvalue weighted by Crippen LogP contribution is -2.59. The molecule has 0 spiro atoms. The molecule has 2 aliphatic carbocycles. The SMILES string of the molecule is O=C1N[C@H]2C3C=C[C@@H](C3)C12. The van der Waals surface area contributed by atoms with Crippen LogP contribution in [-0.4, -0.2) is 11.9 Å². The molecule has 3 aliphatic rings. The van der Waals surface area contributed by atoms with Crippen LogP contribution in [0.5, 0.6) is 0 Å². The molecule has 10 heavy (non-hydrogen) atoms. The van der Waals surface area contributed by atoms with E-state index in [-0.39, 0.29) is 5.91 Å². The van der Waals surface area contributed by atoms with Gasteiger partial charge >= 0.3 is 0 Å². The normalized spacial score (nSPS) is 54.2. The molecule has 1 amide bonds. The van der Waals surface area contributed by atoms with Gasteiger partial charge in [0.2, 0.25) is 5.91 Å². The number of carbonyl (C=O) groups is 1. The fourth-order valence-corrected chi connectivity index (χ4v) is 2.54. The van der Waals surface area contributed by atoms with Gasteiger partial charge in [-0.05, 0) is 18.3 Å². The molecule has 2 fully saturated rings. The molecule has 0 aromatic heterocycles. The summed E-state index contributed by atoms with van der Waals surface area (Å²) < 4.78 is 0. The molecule has 0 radical (unpaired) electrons. The highest BCUT2D eigenvalue weighted by atomic mass is 16.2. The van der Waals surface area contributed by atoms with Gasteiger partial charge in [-0.2, -0.15) is 0 Å². The molecule has 2 nitrogen and oxygen atoms in total. The maximum absolute atomic E-state index is 11.0. The van der Waals surface area contributed by atoms with Crippen LogP contribution in [0, 0.1) is 17.8 Å². The number of fused-ring (bicyclic) bond motifs is 5. The third-order valence-electron chi connectivity index (χ3n) is 3.07. The highest BCUT2D eigenvalue weighted by molar-refractivity contribution is 5.87. The summed E-state index contributed by atoms with van der Waals surface area (Å²) in [5.74, 6) is 1.90. The molecule has 4 atom stereocenters. The minimum atomic E-state index is 0.279. The molecule has 1 N–H and O–H groups in total. The lowest BCUT2D eigenvalue weighted by Gasteiger charge is -2.37. The Hall–Kier alpha value is -0.790. The molecule has 2 heteroatoms. The number of rotatable bonds is 0. The van der Waals surface area contributed by atoms with Gasteiger partial charge in [-0.3, -0.25) is 4.79 Å². The number of nitrogens with one attached hydrogen (secondary N) is 1. The Morgan fingerprint density at radius 1 is 1.40 bits per heavy atom. The standard InChI is InChI=1S/C8H9NO/c10-8-6-4-1-2-5(3-4)7(6)9-8/h1-2,4-7H,3H2,(H,9,10)/t4-,5?,6?,7-/m0/s1. The Morgan fingerprint density at radius 3 is 2.80 bits per heavy atom. The maximum atomic E-state index is 11.0. The Balaban J connectivity index is 2.03. The fourth-order valence-electron chi connectivity index (χ4n) is 2.54. The smallest absolute Gasteiger partial charge is 0.226 e. The summed E-state index contributed by atoms with van der Waals surface area (Å²) in [5.41, 5.74) is 0. The van der Waals surface area contributed by atoms with Crippen molar-refractivity contribution in [3.63, 3.8) is 0 Å². The second-order valence-electron chi connectivity index (χ2n) is 3.51. The summed E-state index contributed by atoms with van der Waals surface area (Å²) in [6.07, 6.45) is 5.68. The van der Waals surface area contributed by atoms with Gasteiger partial charge in [0.05, 0.1) is 5.92 Å². The van der Waals surface area contributed by atoms with E-state index in [0.29, 0.717) is 23.8 Å². The van der Waals surface area contributed by atoms with Crippen molar-refractivity contribution in [2.45, 2.75) is 12.5 Å². The molecule has 2 bridgehead atoms. The molecule has 52 valence electrons. The average molecular weight is 135 g/mol. The minimum Gasteiger partial charge on any atom is -0.352 e. The van der Waals surface area contributed by atoms with Gasteiger partial charge in [-0.15, -0.1) is 0 Å². The molecular weight excluding hydrogens is 126 g/mol. The highest BCUT2D eigenvalue weighted by Gasteiger charge is 2.54. The topological polar surface area (TPSA) is 29.1 Å². The van der Waals surface area contributed by atoms with Crippen molar-refractivity contribution in [2.75, 3.05) is 0 Å². The van der Waals surface area contributed by atoms with Crippen LogP contribution in [0.3, 0.4) is 0 Å². The van der Waals surface area contributed by atoms with Gasteiger partial charge in [0.15, 0.2) is 0 Å². The predicted octanol–water partition coefficient (Wildman–Crippen LogP) is 0.307. The van der Waals surface area contributed by atoms with Crippen molar-refractivity contribution in [2.24, 2.45) is 17.8 Å². The van der Waals surface area contributed by atoms with Crippen molar-refractivity contribution >= 4 is 5.91 Å². The van der Waals surface area contributed by atoms with E-state index >= 15 is 0 Å². The molecule has 1 saturated heterocycles. The van der Waals surface area contributed by atoms with Crippen molar-refractivity contribution in [3.8, 4) is 0 Å². The first-order valence-corrected chi connectivity index (χ1v) is 3.85. The lowest BCUT2D eigenvalue weighted by atomic mass is 9.82. The van der Waals surface area contributed by atoms with Crippen molar-refractivity contribution in [1.29, 1.82) is 0 Å². The second kappa shape index (κ2) is 1.29. The van der Waals surface area contributed by atoms with Crippen LogP contribution in [0.1, 0.15) is 6.42 Å². The Labute approximate surface area is 59.3 Å². The number of amides is 1. The summed E-state index contributed by atoms with van der Waals surface area (Å²) in [6, 6.07) is 0.516. The van der Waals surface area contributed by atoms with Gasteiger partial charge in [0, 0.05) is 6.04 Å². The number of hydrogen-bond acceptors (Lipinski definition) is 1. The van der Waals surface area contributed by atoms with Crippen LogP contribution in [-0.2, 0) is 4.79 Å². The quantitative estimate of drug-likeness (QED) is 0.376. The van der Waals surface area contributed by atoms with Gasteiger partial charge in [-0.1, -0.05) is 12.2 Å². The third kappa shape index (κ3) is 0.349. The number of β-lactam (4-membered cyclic amide) rings is 1. The number of carbonyl (C=O) groups excluding carboxylic acids is 1. The van der Waals surface area contributed by atoms with E-state index in [2.05, 4.69) is 17.5 Å². The molecular formula is C8H9NO. The average Bonchev–Trinajstić information content (AvgIpc) is 2.40. The zero-order chi connectivity index (χ0) is 6.72. The van der Waals surface area contributed by atoms with Crippen molar-refractivity contribution in [3.05, 3.63) is 12.2 Å². The van der Waals surface area contributed by atoms with E-state index in [1.54, 1.807) is 0 Å². The zero-order valence-corrected chi connectivity index (χ0v) is 5.58. The minimum absolute atomic E-state index is 0.279. The van der Waals surface area contributed by atoms with E-state index in [0.717, 1.165) is 0 Å². The van der Waals surface area contributed by atoms with E-state index < -0.39 is 0 Å². The first kappa shape index (κ1) is 4.94. The summed E-state index contributed by atoms with van der Waals surface area (Å²) >= 11 is 0. The highest BCUT2D eigenvalue weighted by Crippen LogP contribution is 2.47. The van der Waals surface area contributed by atoms with Gasteiger partial charge in [0.25, 0.3) is 0 Å². The molecule has 1 aliphatic heterocycles. The fraction of sp³-hybridized carbons (Fsp3) is 0.625.